The van der Waals surface area contributed by atoms with Gasteiger partial charge in [-0.05, 0) is 30.7 Å². The van der Waals surface area contributed by atoms with Crippen LogP contribution in [0.2, 0.25) is 0 Å². The molecule has 132 valence electrons. The van der Waals surface area contributed by atoms with E-state index in [1.54, 1.807) is 18.2 Å². The van der Waals surface area contributed by atoms with E-state index in [1.165, 1.54) is 0 Å². The number of guanidine groups is 1. The number of fused-ring (bicyclic) bond motifs is 1. The van der Waals surface area contributed by atoms with Gasteiger partial charge in [0.1, 0.15) is 0 Å². The van der Waals surface area contributed by atoms with Gasteiger partial charge >= 0.3 is 0 Å². The van der Waals surface area contributed by atoms with Crippen molar-refractivity contribution in [3.05, 3.63) is 59.2 Å². The van der Waals surface area contributed by atoms with Crippen molar-refractivity contribution < 1.29 is 19.1 Å². The lowest BCUT2D eigenvalue weighted by Gasteiger charge is -2.21. The lowest BCUT2D eigenvalue weighted by atomic mass is 10.0. The maximum atomic E-state index is 12.5. The van der Waals surface area contributed by atoms with Gasteiger partial charge in [-0.3, -0.25) is 20.2 Å². The second-order valence-electron chi connectivity index (χ2n) is 6.18. The minimum atomic E-state index is -0.382. The van der Waals surface area contributed by atoms with Crippen LogP contribution in [-0.2, 0) is 4.79 Å². The zero-order valence-corrected chi connectivity index (χ0v) is 14.1. The minimum Gasteiger partial charge on any atom is -0.454 e. The van der Waals surface area contributed by atoms with Crippen molar-refractivity contribution in [1.82, 2.24) is 10.6 Å². The lowest BCUT2D eigenvalue weighted by molar-refractivity contribution is -0.120. The molecular weight excluding hydrogens is 334 g/mol. The first-order valence-corrected chi connectivity index (χ1v) is 8.24. The van der Waals surface area contributed by atoms with Crippen molar-refractivity contribution in [3.8, 4) is 11.5 Å². The summed E-state index contributed by atoms with van der Waals surface area (Å²) in [6.07, 6.45) is 0.243. The monoisotopic (exact) mass is 351 g/mol. The number of carbonyl (C=O) groups is 2. The summed E-state index contributed by atoms with van der Waals surface area (Å²) in [5.41, 5.74) is 2.46. The van der Waals surface area contributed by atoms with Gasteiger partial charge in [0.15, 0.2) is 11.5 Å². The van der Waals surface area contributed by atoms with E-state index in [0.29, 0.717) is 17.1 Å². The molecule has 0 saturated heterocycles. The molecule has 0 radical (unpaired) electrons. The number of aryl methyl sites for hydroxylation is 1. The van der Waals surface area contributed by atoms with Crippen LogP contribution in [0.4, 0.5) is 0 Å². The van der Waals surface area contributed by atoms with E-state index in [9.17, 15) is 9.59 Å². The topological polar surface area (TPSA) is 89.0 Å². The standard InChI is InChI=1S/C19H17N3O4/c1-11-2-4-12(5-3-11)14-9-17(23)21-19(20-14)22-18(24)13-6-7-15-16(8-13)26-10-25-15/h2-8,14H,9-10H2,1H3,(H2,20,21,22,23,24). The number of rotatable bonds is 2. The maximum absolute atomic E-state index is 12.5. The molecule has 0 fully saturated rings. The first-order valence-electron chi connectivity index (χ1n) is 8.24. The molecule has 2 aromatic carbocycles. The quantitative estimate of drug-likeness (QED) is 0.867. The fourth-order valence-electron chi connectivity index (χ4n) is 2.85. The SMILES string of the molecule is Cc1ccc(C2CC(=O)NC(NC(=O)c3ccc4c(c3)OCO4)=N2)cc1. The van der Waals surface area contributed by atoms with E-state index in [-0.39, 0.29) is 37.0 Å². The van der Waals surface area contributed by atoms with Crippen LogP contribution in [0, 0.1) is 6.92 Å². The van der Waals surface area contributed by atoms with E-state index in [2.05, 4.69) is 15.6 Å². The van der Waals surface area contributed by atoms with Crippen LogP contribution in [0.5, 0.6) is 11.5 Å². The highest BCUT2D eigenvalue weighted by atomic mass is 16.7. The summed E-state index contributed by atoms with van der Waals surface area (Å²) >= 11 is 0. The number of amides is 2. The van der Waals surface area contributed by atoms with Gasteiger partial charge in [-0.1, -0.05) is 29.8 Å². The zero-order valence-electron chi connectivity index (χ0n) is 14.1. The molecule has 0 aromatic heterocycles. The summed E-state index contributed by atoms with van der Waals surface area (Å²) < 4.78 is 10.5. The molecule has 2 N–H and O–H groups in total. The molecule has 2 heterocycles. The number of benzene rings is 2. The first-order chi connectivity index (χ1) is 12.6. The second kappa shape index (κ2) is 6.51. The number of carbonyl (C=O) groups excluding carboxylic acids is 2. The van der Waals surface area contributed by atoms with Crippen molar-refractivity contribution in [2.45, 2.75) is 19.4 Å². The van der Waals surface area contributed by atoms with E-state index >= 15 is 0 Å². The fourth-order valence-corrected chi connectivity index (χ4v) is 2.85. The molecule has 2 aliphatic heterocycles. The molecule has 0 spiro atoms. The van der Waals surface area contributed by atoms with Crippen molar-refractivity contribution in [3.63, 3.8) is 0 Å². The maximum Gasteiger partial charge on any atom is 0.258 e. The number of hydrogen-bond acceptors (Lipinski definition) is 5. The number of aliphatic imine (C=N–C) groups is 1. The van der Waals surface area contributed by atoms with Gasteiger partial charge in [-0.2, -0.15) is 0 Å². The van der Waals surface area contributed by atoms with Gasteiger partial charge in [0.25, 0.3) is 5.91 Å². The summed E-state index contributed by atoms with van der Waals surface area (Å²) in [6.45, 7) is 2.14. The average molecular weight is 351 g/mol. The van der Waals surface area contributed by atoms with Crippen LogP contribution in [-0.4, -0.2) is 24.6 Å². The molecule has 2 aromatic rings. The summed E-state index contributed by atoms with van der Waals surface area (Å²) in [4.78, 5) is 29.0. The van der Waals surface area contributed by atoms with Crippen molar-refractivity contribution >= 4 is 17.8 Å². The highest BCUT2D eigenvalue weighted by Crippen LogP contribution is 2.32. The normalized spacial score (nSPS) is 18.1. The summed E-state index contributed by atoms with van der Waals surface area (Å²) in [5, 5.41) is 5.25. The van der Waals surface area contributed by atoms with Gasteiger partial charge in [-0.15, -0.1) is 0 Å². The Morgan fingerprint density at radius 2 is 1.92 bits per heavy atom. The largest absolute Gasteiger partial charge is 0.454 e. The molecule has 2 aliphatic rings. The minimum absolute atomic E-state index is 0.140. The van der Waals surface area contributed by atoms with Gasteiger partial charge in [-0.25, -0.2) is 4.99 Å². The van der Waals surface area contributed by atoms with Crippen LogP contribution in [0.1, 0.15) is 33.9 Å². The Morgan fingerprint density at radius 3 is 2.73 bits per heavy atom. The van der Waals surface area contributed by atoms with Gasteiger partial charge in [0.2, 0.25) is 18.7 Å². The Kier molecular flexibility index (Phi) is 4.04. The molecule has 1 atom stereocenters. The predicted octanol–water partition coefficient (Wildman–Crippen LogP) is 2.07. The van der Waals surface area contributed by atoms with Crippen molar-refractivity contribution in [2.24, 2.45) is 4.99 Å². The third kappa shape index (κ3) is 3.23. The summed E-state index contributed by atoms with van der Waals surface area (Å²) in [6, 6.07) is 12.4. The number of ether oxygens (including phenoxy) is 2. The van der Waals surface area contributed by atoms with Gasteiger partial charge < -0.3 is 9.47 Å². The van der Waals surface area contributed by atoms with E-state index in [1.807, 2.05) is 31.2 Å². The fraction of sp³-hybridized carbons (Fsp3) is 0.211. The Bertz CT molecular complexity index is 906. The average Bonchev–Trinajstić information content (AvgIpc) is 3.09. The predicted molar refractivity (Wildman–Crippen MR) is 94.1 cm³/mol. The molecule has 0 bridgehead atoms. The van der Waals surface area contributed by atoms with Gasteiger partial charge in [0, 0.05) is 5.56 Å². The number of nitrogens with one attached hydrogen (secondary N) is 2. The first kappa shape index (κ1) is 16.1. The van der Waals surface area contributed by atoms with E-state index in [4.69, 9.17) is 9.47 Å². The lowest BCUT2D eigenvalue weighted by Crippen LogP contribution is -2.47. The van der Waals surface area contributed by atoms with Crippen LogP contribution in [0.3, 0.4) is 0 Å². The van der Waals surface area contributed by atoms with Crippen LogP contribution in [0.25, 0.3) is 0 Å². The third-order valence-electron chi connectivity index (χ3n) is 4.25. The highest BCUT2D eigenvalue weighted by Gasteiger charge is 2.24. The molecule has 26 heavy (non-hydrogen) atoms. The molecule has 2 amide bonds. The molecule has 4 rings (SSSR count). The summed E-state index contributed by atoms with van der Waals surface area (Å²) in [5.74, 6) is 0.696. The Morgan fingerprint density at radius 1 is 1.15 bits per heavy atom. The molecular formula is C19H17N3O4. The number of nitrogens with zero attached hydrogens (tertiary/aromatic N) is 1. The number of hydrogen-bond donors (Lipinski definition) is 2. The molecule has 7 nitrogen and oxygen atoms in total. The van der Waals surface area contributed by atoms with Crippen LogP contribution >= 0.6 is 0 Å². The van der Waals surface area contributed by atoms with E-state index < -0.39 is 0 Å². The molecule has 1 unspecified atom stereocenters. The smallest absolute Gasteiger partial charge is 0.258 e. The van der Waals surface area contributed by atoms with Crippen molar-refractivity contribution in [1.29, 1.82) is 0 Å². The van der Waals surface area contributed by atoms with Gasteiger partial charge in [0.05, 0.1) is 12.5 Å². The highest BCUT2D eigenvalue weighted by molar-refractivity contribution is 6.10. The van der Waals surface area contributed by atoms with E-state index in [0.717, 1.165) is 11.1 Å². The van der Waals surface area contributed by atoms with Crippen LogP contribution < -0.4 is 20.1 Å². The van der Waals surface area contributed by atoms with Crippen molar-refractivity contribution in [2.75, 3.05) is 6.79 Å². The zero-order chi connectivity index (χ0) is 18.1. The Labute approximate surface area is 150 Å². The Balaban J connectivity index is 1.53. The molecule has 0 aliphatic carbocycles. The second-order valence-corrected chi connectivity index (χ2v) is 6.18. The third-order valence-corrected chi connectivity index (χ3v) is 4.25. The van der Waals surface area contributed by atoms with Crippen LogP contribution in [0.15, 0.2) is 47.5 Å². The Hall–Kier alpha value is -3.35. The molecule has 0 saturated carbocycles. The summed E-state index contributed by atoms with van der Waals surface area (Å²) in [7, 11) is 0. The molecule has 7 heteroatoms.